The first-order chi connectivity index (χ1) is 17.2. The van der Waals surface area contributed by atoms with Crippen molar-refractivity contribution in [1.82, 2.24) is 4.98 Å². The summed E-state index contributed by atoms with van der Waals surface area (Å²) in [5.74, 6) is 0.223. The molecule has 0 atom stereocenters. The van der Waals surface area contributed by atoms with Crippen molar-refractivity contribution < 1.29 is 5.11 Å². The Morgan fingerprint density at radius 2 is 0.971 bits per heavy atom. The monoisotopic (exact) mass is 449 g/mol. The number of rotatable bonds is 4. The van der Waals surface area contributed by atoms with Crippen LogP contribution in [0, 0.1) is 0 Å². The average Bonchev–Trinajstić information content (AvgIpc) is 2.93. The van der Waals surface area contributed by atoms with Gasteiger partial charge in [0.15, 0.2) is 0 Å². The highest BCUT2D eigenvalue weighted by atomic mass is 16.3. The second-order valence-corrected chi connectivity index (χ2v) is 8.65. The van der Waals surface area contributed by atoms with Crippen molar-refractivity contribution in [2.75, 3.05) is 0 Å². The van der Waals surface area contributed by atoms with E-state index in [1.54, 1.807) is 6.07 Å². The van der Waals surface area contributed by atoms with Crippen molar-refractivity contribution in [3.05, 3.63) is 133 Å². The van der Waals surface area contributed by atoms with Gasteiger partial charge >= 0.3 is 0 Å². The van der Waals surface area contributed by atoms with Crippen LogP contribution in [0.15, 0.2) is 133 Å². The van der Waals surface area contributed by atoms with Crippen LogP contribution in [-0.2, 0) is 0 Å². The Labute approximate surface area is 204 Å². The standard InChI is InChI=1S/C33H23NO/c35-33-13-7-6-12-30(33)32-22-29(26-16-14-25(15-17-26)23-8-2-1-3-9-23)21-31(34-32)28-19-18-24-10-4-5-11-27(24)20-28/h1-22,35H. The molecule has 0 saturated heterocycles. The van der Waals surface area contributed by atoms with Crippen LogP contribution in [0.2, 0.25) is 0 Å². The van der Waals surface area contributed by atoms with Gasteiger partial charge in [-0.25, -0.2) is 4.98 Å². The Hall–Kier alpha value is -4.69. The molecule has 5 aromatic carbocycles. The zero-order valence-electron chi connectivity index (χ0n) is 19.1. The molecule has 0 amide bonds. The maximum absolute atomic E-state index is 10.6. The maximum atomic E-state index is 10.6. The second-order valence-electron chi connectivity index (χ2n) is 8.65. The number of hydrogen-bond acceptors (Lipinski definition) is 2. The SMILES string of the molecule is Oc1ccccc1-c1cc(-c2ccc(-c3ccccc3)cc2)cc(-c2ccc3ccccc3c2)n1. The number of hydrogen-bond donors (Lipinski definition) is 1. The Morgan fingerprint density at radius 1 is 0.400 bits per heavy atom. The van der Waals surface area contributed by atoms with E-state index in [-0.39, 0.29) is 5.75 Å². The highest BCUT2D eigenvalue weighted by Crippen LogP contribution is 2.35. The van der Waals surface area contributed by atoms with E-state index in [9.17, 15) is 5.11 Å². The number of nitrogens with zero attached hydrogens (tertiary/aromatic N) is 1. The molecule has 0 bridgehead atoms. The van der Waals surface area contributed by atoms with Crippen LogP contribution in [0.3, 0.4) is 0 Å². The van der Waals surface area contributed by atoms with E-state index in [2.05, 4.69) is 103 Å². The number of pyridine rings is 1. The molecule has 2 heteroatoms. The topological polar surface area (TPSA) is 33.1 Å². The van der Waals surface area contributed by atoms with Crippen LogP contribution in [0.5, 0.6) is 5.75 Å². The number of fused-ring (bicyclic) bond motifs is 1. The summed E-state index contributed by atoms with van der Waals surface area (Å²) in [6.45, 7) is 0. The number of aromatic hydroxyl groups is 1. The minimum absolute atomic E-state index is 0.223. The molecule has 0 saturated carbocycles. The largest absolute Gasteiger partial charge is 0.507 e. The van der Waals surface area contributed by atoms with Gasteiger partial charge < -0.3 is 5.11 Å². The third kappa shape index (κ3) is 4.18. The molecular formula is C33H23NO. The van der Waals surface area contributed by atoms with Gasteiger partial charge in [-0.3, -0.25) is 0 Å². The third-order valence-electron chi connectivity index (χ3n) is 6.38. The first-order valence-corrected chi connectivity index (χ1v) is 11.7. The van der Waals surface area contributed by atoms with E-state index in [1.165, 1.54) is 21.9 Å². The van der Waals surface area contributed by atoms with Gasteiger partial charge in [-0.15, -0.1) is 0 Å². The average molecular weight is 450 g/mol. The lowest BCUT2D eigenvalue weighted by Crippen LogP contribution is -1.92. The summed E-state index contributed by atoms with van der Waals surface area (Å²) in [6, 6.07) is 45.3. The van der Waals surface area contributed by atoms with Crippen molar-refractivity contribution in [3.8, 4) is 50.5 Å². The predicted molar refractivity (Wildman–Crippen MR) is 145 cm³/mol. The van der Waals surface area contributed by atoms with Crippen LogP contribution in [0.1, 0.15) is 0 Å². The van der Waals surface area contributed by atoms with Gasteiger partial charge in [0.1, 0.15) is 5.75 Å². The number of benzene rings is 5. The fourth-order valence-electron chi connectivity index (χ4n) is 4.51. The Kier molecular flexibility index (Phi) is 5.32. The summed E-state index contributed by atoms with van der Waals surface area (Å²) in [7, 11) is 0. The van der Waals surface area contributed by atoms with Crippen molar-refractivity contribution in [2.24, 2.45) is 0 Å². The van der Waals surface area contributed by atoms with Crippen molar-refractivity contribution in [3.63, 3.8) is 0 Å². The van der Waals surface area contributed by atoms with Crippen molar-refractivity contribution in [1.29, 1.82) is 0 Å². The molecule has 2 nitrogen and oxygen atoms in total. The van der Waals surface area contributed by atoms with E-state index in [0.717, 1.165) is 33.6 Å². The Morgan fingerprint density at radius 3 is 1.74 bits per heavy atom. The zero-order chi connectivity index (χ0) is 23.6. The van der Waals surface area contributed by atoms with E-state index >= 15 is 0 Å². The first kappa shape index (κ1) is 20.9. The normalized spacial score (nSPS) is 11.0. The highest BCUT2D eigenvalue weighted by molar-refractivity contribution is 5.88. The lowest BCUT2D eigenvalue weighted by molar-refractivity contribution is 0.477. The van der Waals surface area contributed by atoms with Crippen LogP contribution in [0.4, 0.5) is 0 Å². The van der Waals surface area contributed by atoms with Crippen LogP contribution < -0.4 is 0 Å². The molecule has 1 aromatic heterocycles. The van der Waals surface area contributed by atoms with Gasteiger partial charge in [0.2, 0.25) is 0 Å². The lowest BCUT2D eigenvalue weighted by atomic mass is 9.97. The van der Waals surface area contributed by atoms with Gasteiger partial charge in [0.05, 0.1) is 11.4 Å². The number of phenols is 1. The Bertz CT molecular complexity index is 1640. The molecule has 6 rings (SSSR count). The van der Waals surface area contributed by atoms with E-state index in [4.69, 9.17) is 4.98 Å². The number of aromatic nitrogens is 1. The Balaban J connectivity index is 1.49. The summed E-state index contributed by atoms with van der Waals surface area (Å²) < 4.78 is 0. The molecule has 1 heterocycles. The predicted octanol–water partition coefficient (Wildman–Crippen LogP) is 8.61. The molecule has 0 unspecified atom stereocenters. The molecule has 0 radical (unpaired) electrons. The minimum Gasteiger partial charge on any atom is -0.507 e. The molecule has 0 aliphatic heterocycles. The van der Waals surface area contributed by atoms with E-state index in [1.807, 2.05) is 24.3 Å². The second kappa shape index (κ2) is 8.92. The number of para-hydroxylation sites is 1. The maximum Gasteiger partial charge on any atom is 0.124 e. The van der Waals surface area contributed by atoms with Crippen molar-refractivity contribution in [2.45, 2.75) is 0 Å². The van der Waals surface area contributed by atoms with Gasteiger partial charge in [-0.1, -0.05) is 103 Å². The molecule has 0 spiro atoms. The van der Waals surface area contributed by atoms with Crippen LogP contribution in [0.25, 0.3) is 55.5 Å². The summed E-state index contributed by atoms with van der Waals surface area (Å²) in [4.78, 5) is 4.97. The summed E-state index contributed by atoms with van der Waals surface area (Å²) >= 11 is 0. The van der Waals surface area contributed by atoms with E-state index in [0.29, 0.717) is 0 Å². The number of phenolic OH excluding ortho intramolecular Hbond substituents is 1. The third-order valence-corrected chi connectivity index (χ3v) is 6.38. The van der Waals surface area contributed by atoms with Gasteiger partial charge in [-0.2, -0.15) is 0 Å². The molecular weight excluding hydrogens is 426 g/mol. The van der Waals surface area contributed by atoms with Crippen molar-refractivity contribution >= 4 is 10.8 Å². The first-order valence-electron chi connectivity index (χ1n) is 11.7. The van der Waals surface area contributed by atoms with Gasteiger partial charge in [-0.05, 0) is 63.4 Å². The summed E-state index contributed by atoms with van der Waals surface area (Å²) in [6.07, 6.45) is 0. The smallest absolute Gasteiger partial charge is 0.124 e. The zero-order valence-corrected chi connectivity index (χ0v) is 19.1. The van der Waals surface area contributed by atoms with E-state index < -0.39 is 0 Å². The molecule has 0 aliphatic carbocycles. The summed E-state index contributed by atoms with van der Waals surface area (Å²) in [5.41, 5.74) is 7.92. The quantitative estimate of drug-likeness (QED) is 0.292. The molecule has 0 fully saturated rings. The molecule has 166 valence electrons. The molecule has 0 aliphatic rings. The molecule has 6 aromatic rings. The fourth-order valence-corrected chi connectivity index (χ4v) is 4.51. The minimum atomic E-state index is 0.223. The molecule has 1 N–H and O–H groups in total. The van der Waals surface area contributed by atoms with Crippen LogP contribution >= 0.6 is 0 Å². The summed E-state index contributed by atoms with van der Waals surface area (Å²) in [5, 5.41) is 12.9. The van der Waals surface area contributed by atoms with Gasteiger partial charge in [0.25, 0.3) is 0 Å². The van der Waals surface area contributed by atoms with Crippen LogP contribution in [-0.4, -0.2) is 10.1 Å². The fraction of sp³-hybridized carbons (Fsp3) is 0. The lowest BCUT2D eigenvalue weighted by Gasteiger charge is -2.12. The molecule has 35 heavy (non-hydrogen) atoms. The highest BCUT2D eigenvalue weighted by Gasteiger charge is 2.12. The van der Waals surface area contributed by atoms with Gasteiger partial charge in [0, 0.05) is 11.1 Å².